The van der Waals surface area contributed by atoms with E-state index in [9.17, 15) is 9.59 Å². The molecular weight excluding hydrogens is 158 g/mol. The van der Waals surface area contributed by atoms with Crippen molar-refractivity contribution in [2.75, 3.05) is 6.54 Å². The molecule has 0 aromatic heterocycles. The molecule has 5 heteroatoms. The smallest absolute Gasteiger partial charge is 0.312 e. The topological polar surface area (TPSA) is 98.2 Å². The van der Waals surface area contributed by atoms with Crippen molar-refractivity contribution >= 4 is 11.9 Å². The maximum absolute atomic E-state index is 10.5. The minimum absolute atomic E-state index is 0.417. The van der Waals surface area contributed by atoms with E-state index in [4.69, 9.17) is 11.5 Å². The molecule has 0 aromatic rings. The van der Waals surface area contributed by atoms with Crippen molar-refractivity contribution in [1.82, 2.24) is 5.32 Å². The van der Waals surface area contributed by atoms with Gasteiger partial charge in [-0.25, -0.2) is 4.79 Å². The normalized spacial score (nSPS) is 10.9. The fraction of sp³-hybridized carbons (Fsp3) is 0.429. The summed E-state index contributed by atoms with van der Waals surface area (Å²) in [4.78, 5) is 20.6. The minimum Gasteiger partial charge on any atom is -0.366 e. The zero-order valence-electron chi connectivity index (χ0n) is 6.96. The van der Waals surface area contributed by atoms with E-state index in [1.54, 1.807) is 13.0 Å². The Bertz CT molecular complexity index is 211. The molecule has 0 aliphatic heterocycles. The monoisotopic (exact) mass is 171 g/mol. The molecule has 0 aliphatic carbocycles. The first kappa shape index (κ1) is 10.5. The summed E-state index contributed by atoms with van der Waals surface area (Å²) in [6.07, 6.45) is 2.20. The van der Waals surface area contributed by atoms with E-state index in [0.29, 0.717) is 18.5 Å². The minimum atomic E-state index is -0.569. The van der Waals surface area contributed by atoms with Crippen LogP contribution in [0.3, 0.4) is 0 Å². The highest BCUT2D eigenvalue weighted by Crippen LogP contribution is 1.92. The van der Waals surface area contributed by atoms with Crippen LogP contribution in [0.2, 0.25) is 0 Å². The summed E-state index contributed by atoms with van der Waals surface area (Å²) in [7, 11) is 0. The van der Waals surface area contributed by atoms with Crippen molar-refractivity contribution in [3.05, 3.63) is 11.6 Å². The van der Waals surface area contributed by atoms with Gasteiger partial charge in [0.25, 0.3) is 0 Å². The van der Waals surface area contributed by atoms with Crippen molar-refractivity contribution in [3.8, 4) is 0 Å². The van der Waals surface area contributed by atoms with Crippen molar-refractivity contribution < 1.29 is 9.59 Å². The predicted octanol–water partition coefficient (Wildman–Crippen LogP) is -0.524. The maximum atomic E-state index is 10.5. The average molecular weight is 171 g/mol. The molecule has 0 fully saturated rings. The summed E-state index contributed by atoms with van der Waals surface area (Å²) in [6.45, 7) is 2.03. The molecule has 0 bridgehead atoms. The van der Waals surface area contributed by atoms with Crippen LogP contribution < -0.4 is 16.8 Å². The van der Waals surface area contributed by atoms with Crippen LogP contribution in [0.25, 0.3) is 0 Å². The second-order valence-electron chi connectivity index (χ2n) is 2.33. The lowest BCUT2D eigenvalue weighted by Gasteiger charge is -1.97. The summed E-state index contributed by atoms with van der Waals surface area (Å²) in [6, 6.07) is -0.569. The number of hydrogen-bond donors (Lipinski definition) is 3. The number of hydrogen-bond acceptors (Lipinski definition) is 2. The Hall–Kier alpha value is -1.52. The van der Waals surface area contributed by atoms with E-state index in [-0.39, 0.29) is 0 Å². The fourth-order valence-corrected chi connectivity index (χ4v) is 0.585. The van der Waals surface area contributed by atoms with Gasteiger partial charge in [-0.3, -0.25) is 4.79 Å². The molecule has 0 saturated heterocycles. The molecule has 0 radical (unpaired) electrons. The van der Waals surface area contributed by atoms with Gasteiger partial charge in [0.2, 0.25) is 5.91 Å². The largest absolute Gasteiger partial charge is 0.366 e. The van der Waals surface area contributed by atoms with Crippen LogP contribution in [0.1, 0.15) is 13.3 Å². The fourth-order valence-electron chi connectivity index (χ4n) is 0.585. The van der Waals surface area contributed by atoms with E-state index in [0.717, 1.165) is 0 Å². The number of rotatable bonds is 4. The van der Waals surface area contributed by atoms with Gasteiger partial charge < -0.3 is 16.8 Å². The predicted molar refractivity (Wildman–Crippen MR) is 45.2 cm³/mol. The number of carbonyl (C=O) groups excluding carboxylic acids is 2. The van der Waals surface area contributed by atoms with Crippen molar-refractivity contribution in [3.63, 3.8) is 0 Å². The molecule has 0 heterocycles. The molecule has 68 valence electrons. The number of urea groups is 1. The maximum Gasteiger partial charge on any atom is 0.312 e. The summed E-state index contributed by atoms with van der Waals surface area (Å²) in [5, 5.41) is 2.38. The zero-order chi connectivity index (χ0) is 9.56. The lowest BCUT2D eigenvalue weighted by molar-refractivity contribution is -0.114. The van der Waals surface area contributed by atoms with Crippen molar-refractivity contribution in [2.45, 2.75) is 13.3 Å². The Kier molecular flexibility index (Phi) is 4.52. The van der Waals surface area contributed by atoms with Gasteiger partial charge in [0.15, 0.2) is 0 Å². The van der Waals surface area contributed by atoms with E-state index in [1.807, 2.05) is 0 Å². The van der Waals surface area contributed by atoms with Gasteiger partial charge in [0, 0.05) is 12.1 Å². The van der Waals surface area contributed by atoms with E-state index in [1.165, 1.54) is 0 Å². The van der Waals surface area contributed by atoms with Gasteiger partial charge in [0.05, 0.1) is 0 Å². The SMILES string of the molecule is CC(=CCCNC(N)=O)C(N)=O. The second-order valence-corrected chi connectivity index (χ2v) is 2.33. The molecule has 3 amide bonds. The van der Waals surface area contributed by atoms with E-state index < -0.39 is 11.9 Å². The van der Waals surface area contributed by atoms with Gasteiger partial charge in [-0.15, -0.1) is 0 Å². The van der Waals surface area contributed by atoms with Crippen LogP contribution >= 0.6 is 0 Å². The lowest BCUT2D eigenvalue weighted by Crippen LogP contribution is -2.29. The highest BCUT2D eigenvalue weighted by molar-refractivity contribution is 5.91. The zero-order valence-corrected chi connectivity index (χ0v) is 6.96. The number of amides is 3. The van der Waals surface area contributed by atoms with Gasteiger partial charge in [-0.1, -0.05) is 6.08 Å². The van der Waals surface area contributed by atoms with Crippen LogP contribution in [0.5, 0.6) is 0 Å². The Morgan fingerprint density at radius 2 is 2.00 bits per heavy atom. The molecule has 0 unspecified atom stereocenters. The Balaban J connectivity index is 3.60. The standard InChI is InChI=1S/C7H13N3O2/c1-5(6(8)11)3-2-4-10-7(9)12/h3H,2,4H2,1H3,(H2,8,11)(H3,9,10,12). The van der Waals surface area contributed by atoms with Crippen LogP contribution in [0.15, 0.2) is 11.6 Å². The number of nitrogens with one attached hydrogen (secondary N) is 1. The molecule has 5 nitrogen and oxygen atoms in total. The van der Waals surface area contributed by atoms with Gasteiger partial charge in [-0.05, 0) is 13.3 Å². The molecule has 0 rings (SSSR count). The first-order valence-electron chi connectivity index (χ1n) is 3.54. The Labute approximate surface area is 70.8 Å². The molecule has 0 saturated carbocycles. The first-order valence-corrected chi connectivity index (χ1v) is 3.54. The van der Waals surface area contributed by atoms with Crippen LogP contribution in [-0.4, -0.2) is 18.5 Å². The highest BCUT2D eigenvalue weighted by Gasteiger charge is 1.95. The summed E-state index contributed by atoms with van der Waals surface area (Å²) >= 11 is 0. The molecule has 0 atom stereocenters. The summed E-state index contributed by atoms with van der Waals surface area (Å²) < 4.78 is 0. The second kappa shape index (κ2) is 5.17. The number of nitrogens with two attached hydrogens (primary N) is 2. The van der Waals surface area contributed by atoms with Gasteiger partial charge in [-0.2, -0.15) is 0 Å². The molecule has 12 heavy (non-hydrogen) atoms. The third-order valence-corrected chi connectivity index (χ3v) is 1.28. The van der Waals surface area contributed by atoms with Crippen LogP contribution in [0.4, 0.5) is 4.79 Å². The van der Waals surface area contributed by atoms with Gasteiger partial charge in [0.1, 0.15) is 0 Å². The third-order valence-electron chi connectivity index (χ3n) is 1.28. The number of primary amides is 2. The molecule has 0 aliphatic rings. The molecule has 0 aromatic carbocycles. The highest BCUT2D eigenvalue weighted by atomic mass is 16.2. The van der Waals surface area contributed by atoms with Gasteiger partial charge >= 0.3 is 6.03 Å². The lowest BCUT2D eigenvalue weighted by atomic mass is 10.2. The third kappa shape index (κ3) is 5.28. The number of carbonyl (C=O) groups is 2. The van der Waals surface area contributed by atoms with Crippen molar-refractivity contribution in [2.24, 2.45) is 11.5 Å². The molecule has 0 spiro atoms. The summed E-state index contributed by atoms with van der Waals surface area (Å²) in [5.41, 5.74) is 10.3. The quantitative estimate of drug-likeness (QED) is 0.391. The summed E-state index contributed by atoms with van der Waals surface area (Å²) in [5.74, 6) is -0.450. The average Bonchev–Trinajstić information content (AvgIpc) is 1.97. The Morgan fingerprint density at radius 3 is 2.42 bits per heavy atom. The van der Waals surface area contributed by atoms with E-state index >= 15 is 0 Å². The van der Waals surface area contributed by atoms with Crippen molar-refractivity contribution in [1.29, 1.82) is 0 Å². The van der Waals surface area contributed by atoms with E-state index in [2.05, 4.69) is 5.32 Å². The molecule has 5 N–H and O–H groups in total. The van der Waals surface area contributed by atoms with Crippen LogP contribution in [-0.2, 0) is 4.79 Å². The first-order chi connectivity index (χ1) is 5.54. The van der Waals surface area contributed by atoms with Crippen LogP contribution in [0, 0.1) is 0 Å². The molecular formula is C7H13N3O2. The Morgan fingerprint density at radius 1 is 1.42 bits per heavy atom.